The quantitative estimate of drug-likeness (QED) is 0.812. The molecule has 0 unspecified atom stereocenters. The van der Waals surface area contributed by atoms with E-state index in [0.29, 0.717) is 29.4 Å². The standard InChI is InChI=1S/C17H18ClN3O5S/c1-25-17(22)20-12-2-4-14(5-3-12)27(23,24)21-9-7-13(11-21)26-16-6-8-19-10-15(16)18/h2-6,8,10,13H,7,9,11H2,1H3,(H,20,22)/t13-/m1/s1. The number of pyridine rings is 1. The maximum Gasteiger partial charge on any atom is 0.411 e. The van der Waals surface area contributed by atoms with Crippen LogP contribution in [0.4, 0.5) is 10.5 Å². The molecular formula is C17H18ClN3O5S. The summed E-state index contributed by atoms with van der Waals surface area (Å²) in [6.07, 6.45) is 2.68. The number of halogens is 1. The Hall–Kier alpha value is -2.36. The molecule has 1 N–H and O–H groups in total. The number of hydrogen-bond acceptors (Lipinski definition) is 6. The topological polar surface area (TPSA) is 97.8 Å². The third-order valence-electron chi connectivity index (χ3n) is 4.06. The van der Waals surface area contributed by atoms with Crippen LogP contribution in [0.25, 0.3) is 0 Å². The molecule has 1 aliphatic rings. The summed E-state index contributed by atoms with van der Waals surface area (Å²) in [5, 5.41) is 2.85. The molecule has 10 heteroatoms. The van der Waals surface area contributed by atoms with Crippen LogP contribution in [0.5, 0.6) is 5.75 Å². The van der Waals surface area contributed by atoms with E-state index < -0.39 is 16.1 Å². The first-order valence-electron chi connectivity index (χ1n) is 8.11. The van der Waals surface area contributed by atoms with E-state index in [1.54, 1.807) is 12.3 Å². The summed E-state index contributed by atoms with van der Waals surface area (Å²) < 4.78 is 37.3. The lowest BCUT2D eigenvalue weighted by Crippen LogP contribution is -2.31. The van der Waals surface area contributed by atoms with E-state index in [0.717, 1.165) is 0 Å². The van der Waals surface area contributed by atoms with E-state index in [2.05, 4.69) is 15.0 Å². The first-order valence-corrected chi connectivity index (χ1v) is 9.93. The highest BCUT2D eigenvalue weighted by Gasteiger charge is 2.33. The minimum Gasteiger partial charge on any atom is -0.487 e. The largest absolute Gasteiger partial charge is 0.487 e. The fourth-order valence-corrected chi connectivity index (χ4v) is 4.33. The molecule has 2 aromatic rings. The lowest BCUT2D eigenvalue weighted by Gasteiger charge is -2.18. The van der Waals surface area contributed by atoms with Crippen LogP contribution in [0.3, 0.4) is 0 Å². The van der Waals surface area contributed by atoms with Gasteiger partial charge in [-0.05, 0) is 30.7 Å². The van der Waals surface area contributed by atoms with Crippen molar-refractivity contribution in [2.75, 3.05) is 25.5 Å². The molecule has 0 spiro atoms. The highest BCUT2D eigenvalue weighted by atomic mass is 35.5. The number of amides is 1. The summed E-state index contributed by atoms with van der Waals surface area (Å²) in [4.78, 5) is 15.2. The predicted octanol–water partition coefficient (Wildman–Crippen LogP) is 2.76. The summed E-state index contributed by atoms with van der Waals surface area (Å²) >= 11 is 6.03. The number of carbonyl (C=O) groups excluding carboxylic acids is 1. The molecule has 1 aromatic heterocycles. The van der Waals surface area contributed by atoms with Crippen LogP contribution in [0, 0.1) is 0 Å². The molecule has 1 saturated heterocycles. The lowest BCUT2D eigenvalue weighted by atomic mass is 10.3. The maximum absolute atomic E-state index is 12.8. The molecule has 27 heavy (non-hydrogen) atoms. The number of ether oxygens (including phenoxy) is 2. The van der Waals surface area contributed by atoms with Gasteiger partial charge in [0.15, 0.2) is 0 Å². The fourth-order valence-electron chi connectivity index (χ4n) is 2.68. The van der Waals surface area contributed by atoms with Crippen LogP contribution in [-0.2, 0) is 14.8 Å². The minimum absolute atomic E-state index is 0.139. The number of sulfonamides is 1. The third kappa shape index (κ3) is 4.49. The summed E-state index contributed by atoms with van der Waals surface area (Å²) in [6.45, 7) is 0.570. The van der Waals surface area contributed by atoms with E-state index in [1.807, 2.05) is 0 Å². The zero-order chi connectivity index (χ0) is 19.4. The zero-order valence-corrected chi connectivity index (χ0v) is 16.0. The molecule has 0 radical (unpaired) electrons. The first kappa shape index (κ1) is 19.4. The van der Waals surface area contributed by atoms with Crippen molar-refractivity contribution in [1.29, 1.82) is 0 Å². The number of anilines is 1. The van der Waals surface area contributed by atoms with Gasteiger partial charge >= 0.3 is 6.09 Å². The van der Waals surface area contributed by atoms with Crippen LogP contribution in [0.15, 0.2) is 47.6 Å². The Morgan fingerprint density at radius 2 is 2.04 bits per heavy atom. The summed E-state index contributed by atoms with van der Waals surface area (Å²) in [7, 11) is -2.41. The number of carbonyl (C=O) groups is 1. The summed E-state index contributed by atoms with van der Waals surface area (Å²) in [6, 6.07) is 7.53. The number of rotatable bonds is 5. The van der Waals surface area contributed by atoms with Gasteiger partial charge in [-0.15, -0.1) is 0 Å². The Bertz CT molecular complexity index is 920. The highest BCUT2D eigenvalue weighted by Crippen LogP contribution is 2.28. The molecule has 144 valence electrons. The van der Waals surface area contributed by atoms with E-state index in [-0.39, 0.29) is 17.5 Å². The van der Waals surface area contributed by atoms with Crippen LogP contribution in [0.2, 0.25) is 5.02 Å². The number of benzene rings is 1. The molecule has 0 aliphatic carbocycles. The minimum atomic E-state index is -3.66. The van der Waals surface area contributed by atoms with Crippen LogP contribution < -0.4 is 10.1 Å². The molecule has 1 aromatic carbocycles. The Labute approximate surface area is 162 Å². The Morgan fingerprint density at radius 3 is 2.70 bits per heavy atom. The van der Waals surface area contributed by atoms with Gasteiger partial charge in [-0.25, -0.2) is 13.2 Å². The van der Waals surface area contributed by atoms with Gasteiger partial charge < -0.3 is 9.47 Å². The van der Waals surface area contributed by atoms with E-state index in [1.165, 1.54) is 41.9 Å². The predicted molar refractivity (Wildman–Crippen MR) is 99.5 cm³/mol. The van der Waals surface area contributed by atoms with Gasteiger partial charge in [-0.1, -0.05) is 11.6 Å². The van der Waals surface area contributed by atoms with Crippen molar-refractivity contribution in [3.8, 4) is 5.75 Å². The molecule has 3 rings (SSSR count). The second-order valence-corrected chi connectivity index (χ2v) is 8.18. The van der Waals surface area contributed by atoms with Gasteiger partial charge in [-0.3, -0.25) is 10.3 Å². The number of methoxy groups -OCH3 is 1. The molecule has 1 aliphatic heterocycles. The third-order valence-corrected chi connectivity index (χ3v) is 6.22. The Balaban J connectivity index is 1.67. The average molecular weight is 412 g/mol. The number of aromatic nitrogens is 1. The second kappa shape index (κ2) is 8.12. The van der Waals surface area contributed by atoms with Crippen LogP contribution >= 0.6 is 11.6 Å². The van der Waals surface area contributed by atoms with Gasteiger partial charge in [0.2, 0.25) is 10.0 Å². The molecule has 1 fully saturated rings. The van der Waals surface area contributed by atoms with E-state index in [9.17, 15) is 13.2 Å². The average Bonchev–Trinajstić information content (AvgIpc) is 3.13. The highest BCUT2D eigenvalue weighted by molar-refractivity contribution is 7.89. The first-order chi connectivity index (χ1) is 12.9. The fraction of sp³-hybridized carbons (Fsp3) is 0.294. The van der Waals surface area contributed by atoms with Gasteiger partial charge in [-0.2, -0.15) is 4.31 Å². The zero-order valence-electron chi connectivity index (χ0n) is 14.5. The van der Waals surface area contributed by atoms with Crippen LogP contribution in [-0.4, -0.2) is 50.1 Å². The van der Waals surface area contributed by atoms with Gasteiger partial charge in [0.1, 0.15) is 16.9 Å². The molecule has 0 bridgehead atoms. The SMILES string of the molecule is COC(=O)Nc1ccc(S(=O)(=O)N2CC[C@@H](Oc3ccncc3Cl)C2)cc1. The number of nitrogens with one attached hydrogen (secondary N) is 1. The van der Waals surface area contributed by atoms with Crippen molar-refractivity contribution in [2.45, 2.75) is 17.4 Å². The van der Waals surface area contributed by atoms with Crippen molar-refractivity contribution >= 4 is 33.4 Å². The van der Waals surface area contributed by atoms with Crippen molar-refractivity contribution in [1.82, 2.24) is 9.29 Å². The smallest absolute Gasteiger partial charge is 0.411 e. The Morgan fingerprint density at radius 1 is 1.30 bits per heavy atom. The van der Waals surface area contributed by atoms with Crippen LogP contribution in [0.1, 0.15) is 6.42 Å². The summed E-state index contributed by atoms with van der Waals surface area (Å²) in [5.41, 5.74) is 0.441. The molecule has 2 heterocycles. The van der Waals surface area contributed by atoms with E-state index >= 15 is 0 Å². The van der Waals surface area contributed by atoms with Crippen molar-refractivity contribution < 1.29 is 22.7 Å². The molecule has 1 atom stereocenters. The van der Waals surface area contributed by atoms with Gasteiger partial charge in [0, 0.05) is 30.7 Å². The second-order valence-electron chi connectivity index (χ2n) is 5.84. The molecule has 0 saturated carbocycles. The lowest BCUT2D eigenvalue weighted by molar-refractivity contribution is 0.187. The molecule has 1 amide bonds. The van der Waals surface area contributed by atoms with Crippen molar-refractivity contribution in [3.05, 3.63) is 47.7 Å². The molecule has 8 nitrogen and oxygen atoms in total. The van der Waals surface area contributed by atoms with E-state index in [4.69, 9.17) is 16.3 Å². The monoisotopic (exact) mass is 411 g/mol. The maximum atomic E-state index is 12.8. The Kier molecular flexibility index (Phi) is 5.83. The van der Waals surface area contributed by atoms with Gasteiger partial charge in [0.05, 0.1) is 18.6 Å². The summed E-state index contributed by atoms with van der Waals surface area (Å²) in [5.74, 6) is 0.481. The van der Waals surface area contributed by atoms with Crippen molar-refractivity contribution in [3.63, 3.8) is 0 Å². The number of hydrogen-bond donors (Lipinski definition) is 1. The normalized spacial score (nSPS) is 17.5. The van der Waals surface area contributed by atoms with Crippen molar-refractivity contribution in [2.24, 2.45) is 0 Å². The molecular weight excluding hydrogens is 394 g/mol. The number of nitrogens with zero attached hydrogens (tertiary/aromatic N) is 2. The van der Waals surface area contributed by atoms with Gasteiger partial charge in [0.25, 0.3) is 0 Å².